The summed E-state index contributed by atoms with van der Waals surface area (Å²) in [5.41, 5.74) is 4.28. The van der Waals surface area contributed by atoms with Gasteiger partial charge in [0.15, 0.2) is 11.6 Å². The highest BCUT2D eigenvalue weighted by atomic mass is 16.6. The molecule has 0 aliphatic rings. The number of ketones is 2. The van der Waals surface area contributed by atoms with Crippen LogP contribution in [0.1, 0.15) is 31.8 Å². The molecule has 4 aromatic rings. The zero-order valence-electron chi connectivity index (χ0n) is 19.0. The van der Waals surface area contributed by atoms with Crippen molar-refractivity contribution in [3.8, 4) is 11.1 Å². The van der Waals surface area contributed by atoms with Gasteiger partial charge in [0, 0.05) is 48.2 Å². The molecule has 0 radical (unpaired) electrons. The Balaban J connectivity index is 1.37. The van der Waals surface area contributed by atoms with Crippen LogP contribution in [0.5, 0.6) is 0 Å². The molecule has 4 rings (SSSR count). The van der Waals surface area contributed by atoms with Crippen molar-refractivity contribution in [3.05, 3.63) is 140 Å². The van der Waals surface area contributed by atoms with Crippen molar-refractivity contribution < 1.29 is 19.4 Å². The molecule has 36 heavy (non-hydrogen) atoms. The van der Waals surface area contributed by atoms with Crippen molar-refractivity contribution >= 4 is 22.9 Å². The number of non-ortho nitro benzene ring substituents is 2. The summed E-state index contributed by atoms with van der Waals surface area (Å²) < 4.78 is 0. The fraction of sp³-hybridized carbons (Fsp3) is 0.0714. The maximum Gasteiger partial charge on any atom is 0.269 e. The largest absolute Gasteiger partial charge is 0.294 e. The van der Waals surface area contributed by atoms with Gasteiger partial charge in [0.05, 0.1) is 9.85 Å². The number of nitro benzene ring substituents is 2. The Hall–Kier alpha value is -4.98. The summed E-state index contributed by atoms with van der Waals surface area (Å²) in [7, 11) is 0. The highest BCUT2D eigenvalue weighted by Gasteiger charge is 2.12. The highest BCUT2D eigenvalue weighted by Crippen LogP contribution is 2.22. The van der Waals surface area contributed by atoms with E-state index in [2.05, 4.69) is 0 Å². The van der Waals surface area contributed by atoms with E-state index < -0.39 is 9.85 Å². The first-order chi connectivity index (χ1) is 17.3. The lowest BCUT2D eigenvalue weighted by Gasteiger charge is -2.07. The first-order valence-electron chi connectivity index (χ1n) is 11.0. The minimum Gasteiger partial charge on any atom is -0.294 e. The zero-order valence-corrected chi connectivity index (χ0v) is 19.0. The highest BCUT2D eigenvalue weighted by molar-refractivity contribution is 5.98. The molecule has 0 N–H and O–H groups in total. The maximum atomic E-state index is 12.5. The van der Waals surface area contributed by atoms with Crippen molar-refractivity contribution in [3.63, 3.8) is 0 Å². The summed E-state index contributed by atoms with van der Waals surface area (Å²) >= 11 is 0. The summed E-state index contributed by atoms with van der Waals surface area (Å²) in [5.74, 6) is -0.251. The second-order valence-corrected chi connectivity index (χ2v) is 8.20. The Morgan fingerprint density at radius 2 is 0.806 bits per heavy atom. The van der Waals surface area contributed by atoms with E-state index in [4.69, 9.17) is 0 Å². The summed E-state index contributed by atoms with van der Waals surface area (Å²) in [6.45, 7) is 0. The Morgan fingerprint density at radius 1 is 0.500 bits per heavy atom. The average molecular weight is 480 g/mol. The molecular formula is C28H20N2O6. The summed E-state index contributed by atoms with van der Waals surface area (Å²) in [6, 6.07) is 26.2. The molecule has 0 aliphatic carbocycles. The summed E-state index contributed by atoms with van der Waals surface area (Å²) in [5, 5.41) is 21.5. The second-order valence-electron chi connectivity index (χ2n) is 8.20. The first kappa shape index (κ1) is 24.2. The Bertz CT molecular complexity index is 1310. The van der Waals surface area contributed by atoms with Crippen molar-refractivity contribution in [2.24, 2.45) is 0 Å². The molecular weight excluding hydrogens is 460 g/mol. The van der Waals surface area contributed by atoms with Crippen LogP contribution in [0.2, 0.25) is 0 Å². The van der Waals surface area contributed by atoms with Gasteiger partial charge in [-0.1, -0.05) is 48.5 Å². The van der Waals surface area contributed by atoms with Gasteiger partial charge in [0.2, 0.25) is 0 Å². The molecule has 8 heteroatoms. The van der Waals surface area contributed by atoms with Gasteiger partial charge in [-0.25, -0.2) is 0 Å². The van der Waals surface area contributed by atoms with Gasteiger partial charge in [-0.2, -0.15) is 0 Å². The quantitative estimate of drug-likeness (QED) is 0.164. The molecule has 0 aliphatic heterocycles. The molecule has 0 unspecified atom stereocenters. The molecule has 0 amide bonds. The van der Waals surface area contributed by atoms with Gasteiger partial charge in [0.25, 0.3) is 11.4 Å². The van der Waals surface area contributed by atoms with E-state index in [1.807, 2.05) is 48.5 Å². The van der Waals surface area contributed by atoms with Gasteiger partial charge in [0.1, 0.15) is 0 Å². The number of hydrogen-bond donors (Lipinski definition) is 0. The smallest absolute Gasteiger partial charge is 0.269 e. The van der Waals surface area contributed by atoms with Gasteiger partial charge in [-0.05, 0) is 46.5 Å². The Kier molecular flexibility index (Phi) is 7.06. The van der Waals surface area contributed by atoms with E-state index in [9.17, 15) is 29.8 Å². The standard InChI is InChI=1S/C28H20N2O6/c31-27(23-9-13-25(14-10-23)29(33)34)17-19-1-5-21(6-2-19)22-7-3-20(4-8-22)18-28(32)24-11-15-26(16-12-24)30(35)36/h1-16H,17-18H2. The minimum absolute atomic E-state index is 0.0577. The van der Waals surface area contributed by atoms with Gasteiger partial charge in [-0.15, -0.1) is 0 Å². The third-order valence-corrected chi connectivity index (χ3v) is 5.77. The van der Waals surface area contributed by atoms with E-state index >= 15 is 0 Å². The molecule has 0 bridgehead atoms. The zero-order chi connectivity index (χ0) is 25.7. The first-order valence-corrected chi connectivity index (χ1v) is 11.0. The minimum atomic E-state index is -0.504. The summed E-state index contributed by atoms with van der Waals surface area (Å²) in [6.07, 6.45) is 0.365. The van der Waals surface area contributed by atoms with Crippen LogP contribution in [0.25, 0.3) is 11.1 Å². The Morgan fingerprint density at radius 3 is 1.08 bits per heavy atom. The van der Waals surface area contributed by atoms with Gasteiger partial charge < -0.3 is 0 Å². The van der Waals surface area contributed by atoms with Crippen LogP contribution < -0.4 is 0 Å². The molecule has 0 aromatic heterocycles. The second kappa shape index (κ2) is 10.5. The van der Waals surface area contributed by atoms with Crippen molar-refractivity contribution in [2.45, 2.75) is 12.8 Å². The van der Waals surface area contributed by atoms with Crippen LogP contribution in [-0.4, -0.2) is 21.4 Å². The third kappa shape index (κ3) is 5.74. The number of rotatable bonds is 9. The normalized spacial score (nSPS) is 10.6. The molecule has 0 atom stereocenters. The van der Waals surface area contributed by atoms with Gasteiger partial charge >= 0.3 is 0 Å². The molecule has 178 valence electrons. The molecule has 8 nitrogen and oxygen atoms in total. The van der Waals surface area contributed by atoms with Crippen molar-refractivity contribution in [2.75, 3.05) is 0 Å². The van der Waals surface area contributed by atoms with Crippen LogP contribution in [0, 0.1) is 20.2 Å². The lowest BCUT2D eigenvalue weighted by Crippen LogP contribution is -2.04. The molecule has 0 heterocycles. The van der Waals surface area contributed by atoms with Crippen molar-refractivity contribution in [1.82, 2.24) is 0 Å². The number of hydrogen-bond acceptors (Lipinski definition) is 6. The maximum absolute atomic E-state index is 12.5. The van der Waals surface area contributed by atoms with Crippen LogP contribution >= 0.6 is 0 Å². The van der Waals surface area contributed by atoms with Gasteiger partial charge in [-0.3, -0.25) is 29.8 Å². The average Bonchev–Trinajstić information content (AvgIpc) is 2.89. The lowest BCUT2D eigenvalue weighted by molar-refractivity contribution is -0.385. The number of nitrogens with zero attached hydrogens (tertiary/aromatic N) is 2. The predicted octanol–water partition coefficient (Wildman–Crippen LogP) is 6.02. The number of nitro groups is 2. The van der Waals surface area contributed by atoms with E-state index in [1.165, 1.54) is 48.5 Å². The fourth-order valence-electron chi connectivity index (χ4n) is 3.74. The SMILES string of the molecule is O=C(Cc1ccc(-c2ccc(CC(=O)c3ccc([N+](=O)[O-])cc3)cc2)cc1)c1ccc([N+](=O)[O-])cc1. The van der Waals surface area contributed by atoms with Crippen LogP contribution in [0.15, 0.2) is 97.1 Å². The van der Waals surface area contributed by atoms with E-state index in [1.54, 1.807) is 0 Å². The fourth-order valence-corrected chi connectivity index (χ4v) is 3.74. The number of benzene rings is 4. The van der Waals surface area contributed by atoms with Crippen molar-refractivity contribution in [1.29, 1.82) is 0 Å². The Labute approximate surface area is 206 Å². The molecule has 0 saturated carbocycles. The third-order valence-electron chi connectivity index (χ3n) is 5.77. The molecule has 0 fully saturated rings. The number of carbonyl (C=O) groups excluding carboxylic acids is 2. The molecule has 0 spiro atoms. The van der Waals surface area contributed by atoms with Crippen LogP contribution in [0.4, 0.5) is 11.4 Å². The van der Waals surface area contributed by atoms with E-state index in [-0.39, 0.29) is 35.8 Å². The van der Waals surface area contributed by atoms with Crippen LogP contribution in [0.3, 0.4) is 0 Å². The van der Waals surface area contributed by atoms with E-state index in [0.717, 1.165) is 22.3 Å². The monoisotopic (exact) mass is 480 g/mol. The lowest BCUT2D eigenvalue weighted by atomic mass is 9.97. The summed E-state index contributed by atoms with van der Waals surface area (Å²) in [4.78, 5) is 45.5. The molecule has 0 saturated heterocycles. The van der Waals surface area contributed by atoms with E-state index in [0.29, 0.717) is 11.1 Å². The predicted molar refractivity (Wildman–Crippen MR) is 134 cm³/mol. The molecule has 4 aromatic carbocycles. The topological polar surface area (TPSA) is 120 Å². The number of carbonyl (C=O) groups is 2. The number of Topliss-reactive ketones (excluding diaryl/α,β-unsaturated/α-hetero) is 2. The van der Waals surface area contributed by atoms with Crippen LogP contribution in [-0.2, 0) is 12.8 Å².